The van der Waals surface area contributed by atoms with Gasteiger partial charge in [0.1, 0.15) is 0 Å². The molecule has 0 saturated carbocycles. The van der Waals surface area contributed by atoms with Gasteiger partial charge in [-0.25, -0.2) is 9.98 Å². The molecule has 0 saturated heterocycles. The second kappa shape index (κ2) is 4.23. The highest BCUT2D eigenvalue weighted by Gasteiger charge is 1.95. The van der Waals surface area contributed by atoms with Gasteiger partial charge in [0.25, 0.3) is 0 Å². The SMILES string of the molecule is C=CN=C(N=C)c1ccccc1. The van der Waals surface area contributed by atoms with Gasteiger partial charge in [0.2, 0.25) is 0 Å². The van der Waals surface area contributed by atoms with E-state index in [1.807, 2.05) is 30.3 Å². The molecule has 0 N–H and O–H groups in total. The molecule has 1 aromatic carbocycles. The van der Waals surface area contributed by atoms with E-state index in [9.17, 15) is 0 Å². The number of amidine groups is 1. The fraction of sp³-hybridized carbons (Fsp3) is 0. The first-order chi connectivity index (χ1) is 5.88. The van der Waals surface area contributed by atoms with E-state index in [-0.39, 0.29) is 0 Å². The summed E-state index contributed by atoms with van der Waals surface area (Å²) in [6.45, 7) is 6.93. The molecular formula is C10H10N2. The van der Waals surface area contributed by atoms with E-state index >= 15 is 0 Å². The predicted octanol–water partition coefficient (Wildman–Crippen LogP) is 2.28. The molecule has 0 radical (unpaired) electrons. The molecule has 2 heteroatoms. The molecule has 0 aliphatic carbocycles. The maximum Gasteiger partial charge on any atom is 0.158 e. The van der Waals surface area contributed by atoms with Gasteiger partial charge in [-0.05, 0) is 6.72 Å². The standard InChI is InChI=1S/C10H10N2/c1-3-12-10(11-2)9-7-5-4-6-8-9/h3-8H,1-2H2. The van der Waals surface area contributed by atoms with Crippen LogP contribution in [0.1, 0.15) is 5.56 Å². The molecule has 0 aromatic heterocycles. The van der Waals surface area contributed by atoms with E-state index < -0.39 is 0 Å². The summed E-state index contributed by atoms with van der Waals surface area (Å²) < 4.78 is 0. The summed E-state index contributed by atoms with van der Waals surface area (Å²) in [6.07, 6.45) is 1.46. The van der Waals surface area contributed by atoms with Crippen molar-refractivity contribution in [2.45, 2.75) is 0 Å². The van der Waals surface area contributed by atoms with Gasteiger partial charge in [0.05, 0.1) is 0 Å². The van der Waals surface area contributed by atoms with Gasteiger partial charge >= 0.3 is 0 Å². The molecule has 0 amide bonds. The molecule has 0 unspecified atom stereocenters. The molecule has 0 bridgehead atoms. The maximum atomic E-state index is 3.96. The quantitative estimate of drug-likeness (QED) is 0.466. The monoisotopic (exact) mass is 158 g/mol. The zero-order valence-corrected chi connectivity index (χ0v) is 6.77. The minimum absolute atomic E-state index is 0.602. The first-order valence-electron chi connectivity index (χ1n) is 3.59. The first-order valence-corrected chi connectivity index (χ1v) is 3.59. The van der Waals surface area contributed by atoms with E-state index in [0.717, 1.165) is 5.56 Å². The average molecular weight is 158 g/mol. The van der Waals surface area contributed by atoms with Gasteiger partial charge in [0, 0.05) is 11.8 Å². The lowest BCUT2D eigenvalue weighted by atomic mass is 10.2. The van der Waals surface area contributed by atoms with E-state index in [1.54, 1.807) is 0 Å². The Morgan fingerprint density at radius 1 is 1.25 bits per heavy atom. The van der Waals surface area contributed by atoms with Crippen LogP contribution in [-0.4, -0.2) is 12.6 Å². The topological polar surface area (TPSA) is 24.7 Å². The van der Waals surface area contributed by atoms with E-state index in [0.29, 0.717) is 5.84 Å². The molecule has 1 aromatic rings. The summed E-state index contributed by atoms with van der Waals surface area (Å²) in [7, 11) is 0. The molecular weight excluding hydrogens is 148 g/mol. The van der Waals surface area contributed by atoms with Crippen LogP contribution in [0.3, 0.4) is 0 Å². The van der Waals surface area contributed by atoms with Crippen LogP contribution in [0.2, 0.25) is 0 Å². The van der Waals surface area contributed by atoms with Crippen LogP contribution in [0.5, 0.6) is 0 Å². The summed E-state index contributed by atoms with van der Waals surface area (Å²) >= 11 is 0. The highest BCUT2D eigenvalue weighted by atomic mass is 14.9. The predicted molar refractivity (Wildman–Crippen MR) is 52.7 cm³/mol. The molecule has 0 heterocycles. The number of hydrogen-bond acceptors (Lipinski definition) is 1. The summed E-state index contributed by atoms with van der Waals surface area (Å²) in [5, 5.41) is 0. The van der Waals surface area contributed by atoms with Crippen LogP contribution in [0.25, 0.3) is 0 Å². The fourth-order valence-electron chi connectivity index (χ4n) is 0.880. The lowest BCUT2D eigenvalue weighted by Crippen LogP contribution is -1.94. The Labute approximate surface area is 72.0 Å². The van der Waals surface area contributed by atoms with Crippen LogP contribution in [-0.2, 0) is 0 Å². The molecule has 0 atom stereocenters. The molecule has 2 nitrogen and oxygen atoms in total. The first kappa shape index (κ1) is 8.40. The van der Waals surface area contributed by atoms with Crippen LogP contribution in [0.15, 0.2) is 53.1 Å². The lowest BCUT2D eigenvalue weighted by molar-refractivity contribution is 1.48. The molecule has 0 aliphatic rings. The molecule has 0 spiro atoms. The Balaban J connectivity index is 3.03. The van der Waals surface area contributed by atoms with Gasteiger partial charge in [-0.2, -0.15) is 0 Å². The number of benzene rings is 1. The van der Waals surface area contributed by atoms with Gasteiger partial charge < -0.3 is 0 Å². The second-order valence-corrected chi connectivity index (χ2v) is 2.16. The average Bonchev–Trinajstić information content (AvgIpc) is 2.15. The van der Waals surface area contributed by atoms with Crippen molar-refractivity contribution >= 4 is 12.6 Å². The van der Waals surface area contributed by atoms with Crippen molar-refractivity contribution in [1.29, 1.82) is 0 Å². The van der Waals surface area contributed by atoms with Gasteiger partial charge in [-0.15, -0.1) is 0 Å². The normalized spacial score (nSPS) is 10.8. The third-order valence-corrected chi connectivity index (χ3v) is 1.40. The number of aliphatic imine (C=N–C) groups is 2. The van der Waals surface area contributed by atoms with Crippen LogP contribution < -0.4 is 0 Å². The van der Waals surface area contributed by atoms with Crippen LogP contribution >= 0.6 is 0 Å². The highest BCUT2D eigenvalue weighted by Crippen LogP contribution is 2.01. The van der Waals surface area contributed by atoms with Gasteiger partial charge in [0.15, 0.2) is 5.84 Å². The minimum atomic E-state index is 0.602. The van der Waals surface area contributed by atoms with Crippen molar-refractivity contribution in [1.82, 2.24) is 0 Å². The van der Waals surface area contributed by atoms with Gasteiger partial charge in [-0.3, -0.25) is 0 Å². The van der Waals surface area contributed by atoms with Crippen molar-refractivity contribution < 1.29 is 0 Å². The molecule has 12 heavy (non-hydrogen) atoms. The van der Waals surface area contributed by atoms with E-state index in [4.69, 9.17) is 0 Å². The van der Waals surface area contributed by atoms with Crippen molar-refractivity contribution in [2.24, 2.45) is 9.98 Å². The molecule has 0 aliphatic heterocycles. The fourth-order valence-corrected chi connectivity index (χ4v) is 0.880. The Bertz CT molecular complexity index is 299. The Morgan fingerprint density at radius 3 is 2.42 bits per heavy atom. The van der Waals surface area contributed by atoms with E-state index in [1.165, 1.54) is 6.20 Å². The van der Waals surface area contributed by atoms with Crippen molar-refractivity contribution in [3.05, 3.63) is 48.7 Å². The van der Waals surface area contributed by atoms with Crippen LogP contribution in [0, 0.1) is 0 Å². The third-order valence-electron chi connectivity index (χ3n) is 1.40. The minimum Gasteiger partial charge on any atom is -0.245 e. The lowest BCUT2D eigenvalue weighted by Gasteiger charge is -1.96. The summed E-state index contributed by atoms with van der Waals surface area (Å²) in [4.78, 5) is 7.74. The number of rotatable bonds is 2. The zero-order chi connectivity index (χ0) is 8.81. The van der Waals surface area contributed by atoms with Crippen molar-refractivity contribution in [3.8, 4) is 0 Å². The van der Waals surface area contributed by atoms with Gasteiger partial charge in [-0.1, -0.05) is 36.9 Å². The number of hydrogen-bond donors (Lipinski definition) is 0. The Morgan fingerprint density at radius 2 is 1.92 bits per heavy atom. The summed E-state index contributed by atoms with van der Waals surface area (Å²) in [5.41, 5.74) is 0.951. The largest absolute Gasteiger partial charge is 0.245 e. The van der Waals surface area contributed by atoms with Crippen LogP contribution in [0.4, 0.5) is 0 Å². The smallest absolute Gasteiger partial charge is 0.158 e. The summed E-state index contributed by atoms with van der Waals surface area (Å²) in [6, 6.07) is 9.66. The second-order valence-electron chi connectivity index (χ2n) is 2.16. The van der Waals surface area contributed by atoms with E-state index in [2.05, 4.69) is 23.3 Å². The molecule has 0 fully saturated rings. The zero-order valence-electron chi connectivity index (χ0n) is 6.77. The summed E-state index contributed by atoms with van der Waals surface area (Å²) in [5.74, 6) is 0.602. The highest BCUT2D eigenvalue weighted by molar-refractivity contribution is 6.01. The Hall–Kier alpha value is -1.70. The maximum absolute atomic E-state index is 3.96. The number of nitrogens with zero attached hydrogens (tertiary/aromatic N) is 2. The Kier molecular flexibility index (Phi) is 2.96. The van der Waals surface area contributed by atoms with Crippen molar-refractivity contribution in [2.75, 3.05) is 0 Å². The van der Waals surface area contributed by atoms with Crippen molar-refractivity contribution in [3.63, 3.8) is 0 Å². The molecule has 60 valence electrons. The molecule has 1 rings (SSSR count). The third kappa shape index (κ3) is 1.89.